The first-order chi connectivity index (χ1) is 10.2. The molecule has 110 valence electrons. The SMILES string of the molecule is C[C@@H](NC(=O)c1ccnc(-n2ccnc2)c1)[C@H]1CCCO1. The topological polar surface area (TPSA) is 69.0 Å². The summed E-state index contributed by atoms with van der Waals surface area (Å²) in [6.45, 7) is 2.76. The Kier molecular flexibility index (Phi) is 3.96. The number of hydrogen-bond donors (Lipinski definition) is 1. The fraction of sp³-hybridized carbons (Fsp3) is 0.400. The number of pyridine rings is 1. The maximum atomic E-state index is 12.3. The third-order valence-corrected chi connectivity index (χ3v) is 3.66. The van der Waals surface area contributed by atoms with E-state index in [1.165, 1.54) is 0 Å². The molecule has 6 heteroatoms. The van der Waals surface area contributed by atoms with Crippen molar-refractivity contribution >= 4 is 5.91 Å². The van der Waals surface area contributed by atoms with E-state index in [-0.39, 0.29) is 18.1 Å². The zero-order chi connectivity index (χ0) is 14.7. The number of amides is 1. The molecule has 2 aromatic heterocycles. The third-order valence-electron chi connectivity index (χ3n) is 3.66. The minimum absolute atomic E-state index is 0.00450. The van der Waals surface area contributed by atoms with E-state index >= 15 is 0 Å². The van der Waals surface area contributed by atoms with Gasteiger partial charge < -0.3 is 10.1 Å². The second-order valence-electron chi connectivity index (χ2n) is 5.19. The lowest BCUT2D eigenvalue weighted by molar-refractivity contribution is 0.0712. The van der Waals surface area contributed by atoms with E-state index < -0.39 is 0 Å². The van der Waals surface area contributed by atoms with Gasteiger partial charge in [0.1, 0.15) is 12.1 Å². The summed E-state index contributed by atoms with van der Waals surface area (Å²) < 4.78 is 7.36. The molecule has 1 amide bonds. The largest absolute Gasteiger partial charge is 0.376 e. The Morgan fingerprint density at radius 3 is 3.14 bits per heavy atom. The summed E-state index contributed by atoms with van der Waals surface area (Å²) in [6.07, 6.45) is 8.92. The minimum atomic E-state index is -0.109. The summed E-state index contributed by atoms with van der Waals surface area (Å²) >= 11 is 0. The van der Waals surface area contributed by atoms with Crippen LogP contribution in [-0.4, -0.2) is 39.2 Å². The first-order valence-corrected chi connectivity index (χ1v) is 7.11. The van der Waals surface area contributed by atoms with Crippen LogP contribution in [0, 0.1) is 0 Å². The lowest BCUT2D eigenvalue weighted by atomic mass is 10.1. The van der Waals surface area contributed by atoms with Gasteiger partial charge in [-0.25, -0.2) is 9.97 Å². The molecule has 0 bridgehead atoms. The molecule has 1 fully saturated rings. The van der Waals surface area contributed by atoms with Crippen LogP contribution in [0.5, 0.6) is 0 Å². The summed E-state index contributed by atoms with van der Waals surface area (Å²) in [5.41, 5.74) is 0.582. The fourth-order valence-corrected chi connectivity index (χ4v) is 2.48. The van der Waals surface area contributed by atoms with E-state index in [1.54, 1.807) is 41.6 Å². The van der Waals surface area contributed by atoms with Crippen LogP contribution in [0.3, 0.4) is 0 Å². The Balaban J connectivity index is 1.71. The Morgan fingerprint density at radius 2 is 2.43 bits per heavy atom. The van der Waals surface area contributed by atoms with Crippen LogP contribution in [0.4, 0.5) is 0 Å². The molecule has 1 N–H and O–H groups in total. The molecule has 0 saturated carbocycles. The number of carbonyl (C=O) groups excluding carboxylic acids is 1. The van der Waals surface area contributed by atoms with Gasteiger partial charge in [-0.05, 0) is 31.9 Å². The van der Waals surface area contributed by atoms with Crippen molar-refractivity contribution < 1.29 is 9.53 Å². The molecular weight excluding hydrogens is 268 g/mol. The normalized spacial score (nSPS) is 19.4. The van der Waals surface area contributed by atoms with Gasteiger partial charge in [0, 0.05) is 30.8 Å². The van der Waals surface area contributed by atoms with Crippen LogP contribution in [0.15, 0.2) is 37.1 Å². The standard InChI is InChI=1S/C15H18N4O2/c1-11(13-3-2-8-21-13)18-15(20)12-4-5-17-14(9-12)19-7-6-16-10-19/h4-7,9-11,13H,2-3,8H2,1H3,(H,18,20)/t11-,13-/m1/s1. The van der Waals surface area contributed by atoms with Gasteiger partial charge >= 0.3 is 0 Å². The van der Waals surface area contributed by atoms with Crippen molar-refractivity contribution in [1.29, 1.82) is 0 Å². The molecule has 1 aliphatic heterocycles. The Hall–Kier alpha value is -2.21. The van der Waals surface area contributed by atoms with E-state index in [0.717, 1.165) is 19.4 Å². The van der Waals surface area contributed by atoms with E-state index in [2.05, 4.69) is 15.3 Å². The second-order valence-corrected chi connectivity index (χ2v) is 5.19. The van der Waals surface area contributed by atoms with Gasteiger partial charge in [0.15, 0.2) is 0 Å². The van der Waals surface area contributed by atoms with Crippen molar-refractivity contribution in [2.45, 2.75) is 31.9 Å². The van der Waals surface area contributed by atoms with Crippen LogP contribution in [0.1, 0.15) is 30.1 Å². The second kappa shape index (κ2) is 6.05. The average molecular weight is 286 g/mol. The molecule has 3 rings (SSSR count). The van der Waals surface area contributed by atoms with Gasteiger partial charge in [-0.2, -0.15) is 0 Å². The third kappa shape index (κ3) is 3.11. The van der Waals surface area contributed by atoms with Crippen LogP contribution in [0.2, 0.25) is 0 Å². The Bertz CT molecular complexity index is 606. The fourth-order valence-electron chi connectivity index (χ4n) is 2.48. The number of nitrogens with zero attached hydrogens (tertiary/aromatic N) is 3. The molecule has 3 heterocycles. The highest BCUT2D eigenvalue weighted by molar-refractivity contribution is 5.94. The summed E-state index contributed by atoms with van der Waals surface area (Å²) in [5.74, 6) is 0.562. The summed E-state index contributed by atoms with van der Waals surface area (Å²) in [7, 11) is 0. The van der Waals surface area contributed by atoms with Crippen LogP contribution >= 0.6 is 0 Å². The average Bonchev–Trinajstić information content (AvgIpc) is 3.20. The van der Waals surface area contributed by atoms with E-state index in [1.807, 2.05) is 6.92 Å². The van der Waals surface area contributed by atoms with Gasteiger partial charge in [0.2, 0.25) is 0 Å². The number of aromatic nitrogens is 3. The molecule has 21 heavy (non-hydrogen) atoms. The molecule has 0 radical (unpaired) electrons. The maximum absolute atomic E-state index is 12.3. The highest BCUT2D eigenvalue weighted by Gasteiger charge is 2.24. The smallest absolute Gasteiger partial charge is 0.251 e. The predicted molar refractivity (Wildman–Crippen MR) is 77.3 cm³/mol. The molecule has 0 aliphatic carbocycles. The zero-order valence-electron chi connectivity index (χ0n) is 11.9. The van der Waals surface area contributed by atoms with Gasteiger partial charge in [-0.15, -0.1) is 0 Å². The van der Waals surface area contributed by atoms with Crippen molar-refractivity contribution in [2.75, 3.05) is 6.61 Å². The zero-order valence-corrected chi connectivity index (χ0v) is 11.9. The van der Waals surface area contributed by atoms with Crippen molar-refractivity contribution in [3.63, 3.8) is 0 Å². The number of carbonyl (C=O) groups is 1. The van der Waals surface area contributed by atoms with Crippen molar-refractivity contribution in [3.8, 4) is 5.82 Å². The molecule has 1 saturated heterocycles. The molecule has 1 aliphatic rings. The Labute approximate surface area is 123 Å². The number of hydrogen-bond acceptors (Lipinski definition) is 4. The number of ether oxygens (including phenoxy) is 1. The molecule has 0 spiro atoms. The maximum Gasteiger partial charge on any atom is 0.251 e. The van der Waals surface area contributed by atoms with Crippen LogP contribution in [-0.2, 0) is 4.74 Å². The van der Waals surface area contributed by atoms with E-state index in [4.69, 9.17) is 4.74 Å². The number of rotatable bonds is 4. The van der Waals surface area contributed by atoms with Gasteiger partial charge in [0.25, 0.3) is 5.91 Å². The minimum Gasteiger partial charge on any atom is -0.376 e. The molecular formula is C15H18N4O2. The van der Waals surface area contributed by atoms with Crippen molar-refractivity contribution in [2.24, 2.45) is 0 Å². The lowest BCUT2D eigenvalue weighted by Crippen LogP contribution is -2.40. The first kappa shape index (κ1) is 13.8. The van der Waals surface area contributed by atoms with Gasteiger partial charge in [-0.1, -0.05) is 0 Å². The van der Waals surface area contributed by atoms with E-state index in [9.17, 15) is 4.79 Å². The molecule has 0 unspecified atom stereocenters. The summed E-state index contributed by atoms with van der Waals surface area (Å²) in [6, 6.07) is 3.46. The number of imidazole rings is 1. The predicted octanol–water partition coefficient (Wildman–Crippen LogP) is 1.56. The quantitative estimate of drug-likeness (QED) is 0.926. The van der Waals surface area contributed by atoms with Gasteiger partial charge in [0.05, 0.1) is 12.1 Å². The lowest BCUT2D eigenvalue weighted by Gasteiger charge is -2.20. The first-order valence-electron chi connectivity index (χ1n) is 7.11. The summed E-state index contributed by atoms with van der Waals surface area (Å²) in [4.78, 5) is 20.5. The molecule has 6 nitrogen and oxygen atoms in total. The van der Waals surface area contributed by atoms with Crippen molar-refractivity contribution in [3.05, 3.63) is 42.6 Å². The van der Waals surface area contributed by atoms with Gasteiger partial charge in [-0.3, -0.25) is 9.36 Å². The summed E-state index contributed by atoms with van der Waals surface area (Å²) in [5, 5.41) is 2.99. The number of nitrogens with one attached hydrogen (secondary N) is 1. The van der Waals surface area contributed by atoms with Crippen LogP contribution < -0.4 is 5.32 Å². The highest BCUT2D eigenvalue weighted by atomic mass is 16.5. The molecule has 0 aromatic carbocycles. The monoisotopic (exact) mass is 286 g/mol. The Morgan fingerprint density at radius 1 is 1.52 bits per heavy atom. The van der Waals surface area contributed by atoms with E-state index in [0.29, 0.717) is 11.4 Å². The van der Waals surface area contributed by atoms with Crippen LogP contribution in [0.25, 0.3) is 5.82 Å². The van der Waals surface area contributed by atoms with Crippen molar-refractivity contribution in [1.82, 2.24) is 19.9 Å². The molecule has 2 aromatic rings. The molecule has 2 atom stereocenters. The highest BCUT2D eigenvalue weighted by Crippen LogP contribution is 2.16.